The lowest BCUT2D eigenvalue weighted by molar-refractivity contribution is 0.183. The van der Waals surface area contributed by atoms with Crippen LogP contribution >= 0.6 is 0 Å². The summed E-state index contributed by atoms with van der Waals surface area (Å²) in [4.78, 5) is 5.08. The molecule has 0 aromatic heterocycles. The van der Waals surface area contributed by atoms with Crippen LogP contribution in [0.4, 0.5) is 0 Å². The fraction of sp³-hybridized carbons (Fsp3) is 0.351. The number of aryl methyl sites for hydroxylation is 1. The molecule has 0 radical (unpaired) electrons. The molecule has 2 atom stereocenters. The molecule has 2 aliphatic heterocycles. The maximum Gasteiger partial charge on any atom is 0.123 e. The van der Waals surface area contributed by atoms with Gasteiger partial charge in [-0.3, -0.25) is 9.80 Å². The van der Waals surface area contributed by atoms with E-state index in [-0.39, 0.29) is 0 Å². The first-order valence-corrected chi connectivity index (χ1v) is 15.3. The summed E-state index contributed by atoms with van der Waals surface area (Å²) in [7, 11) is 2.21. The van der Waals surface area contributed by atoms with Crippen molar-refractivity contribution in [1.29, 1.82) is 0 Å². The van der Waals surface area contributed by atoms with E-state index in [2.05, 4.69) is 73.2 Å². The Morgan fingerprint density at radius 1 is 0.707 bits per heavy atom. The highest BCUT2D eigenvalue weighted by Gasteiger charge is 2.35. The molecule has 8 rings (SSSR count). The summed E-state index contributed by atoms with van der Waals surface area (Å²) < 4.78 is 0. The molecule has 0 unspecified atom stereocenters. The highest BCUT2D eigenvalue weighted by molar-refractivity contribution is 5.81. The Morgan fingerprint density at radius 3 is 2.05 bits per heavy atom. The van der Waals surface area contributed by atoms with Gasteiger partial charge in [-0.05, 0) is 109 Å². The number of likely N-dealkylation sites (N-methyl/N-ethyl adjacent to an activating group) is 1. The second-order valence-corrected chi connectivity index (χ2v) is 12.3. The minimum absolute atomic E-state index is 0.418. The van der Waals surface area contributed by atoms with Gasteiger partial charge in [-0.15, -0.1) is 0 Å². The number of phenolic OH excluding ortho intramolecular Hbond substituents is 2. The Hall–Kier alpha value is -3.60. The molecule has 0 saturated carbocycles. The van der Waals surface area contributed by atoms with Crippen LogP contribution in [0.3, 0.4) is 0 Å². The number of hydrogen-bond acceptors (Lipinski definition) is 4. The second kappa shape index (κ2) is 10.3. The highest BCUT2D eigenvalue weighted by Crippen LogP contribution is 2.49. The van der Waals surface area contributed by atoms with E-state index in [1.54, 1.807) is 6.07 Å². The minimum atomic E-state index is 0.418. The molecule has 0 fully saturated rings. The number of fused-ring (bicyclic) bond motifs is 4. The van der Waals surface area contributed by atoms with Gasteiger partial charge in [-0.25, -0.2) is 0 Å². The van der Waals surface area contributed by atoms with E-state index in [1.165, 1.54) is 56.5 Å². The van der Waals surface area contributed by atoms with Gasteiger partial charge in [-0.2, -0.15) is 0 Å². The fourth-order valence-electron chi connectivity index (χ4n) is 7.99. The highest BCUT2D eigenvalue weighted by atomic mass is 16.3. The average Bonchev–Trinajstić information content (AvgIpc) is 2.96. The van der Waals surface area contributed by atoms with Gasteiger partial charge < -0.3 is 10.2 Å². The van der Waals surface area contributed by atoms with Crippen LogP contribution < -0.4 is 0 Å². The molecule has 41 heavy (non-hydrogen) atoms. The zero-order valence-electron chi connectivity index (χ0n) is 24.5. The molecule has 0 amide bonds. The Labute approximate surface area is 243 Å². The van der Waals surface area contributed by atoms with Gasteiger partial charge in [0, 0.05) is 36.3 Å². The van der Waals surface area contributed by atoms with Crippen LogP contribution in [0.2, 0.25) is 0 Å². The summed E-state index contributed by atoms with van der Waals surface area (Å²) >= 11 is 0. The summed E-state index contributed by atoms with van der Waals surface area (Å²) in [5.41, 5.74) is 14.3. The molecule has 4 aromatic carbocycles. The van der Waals surface area contributed by atoms with Crippen molar-refractivity contribution in [2.75, 3.05) is 26.7 Å². The maximum atomic E-state index is 10.3. The van der Waals surface area contributed by atoms with E-state index in [4.69, 9.17) is 0 Å². The number of nitrogens with zero attached hydrogens (tertiary/aromatic N) is 2. The number of phenols is 2. The summed E-state index contributed by atoms with van der Waals surface area (Å²) in [6, 6.07) is 24.0. The lowest BCUT2D eigenvalue weighted by Gasteiger charge is -2.41. The normalized spacial score (nSPS) is 20.2. The molecule has 4 aliphatic rings. The van der Waals surface area contributed by atoms with Crippen molar-refractivity contribution in [1.82, 2.24) is 9.80 Å². The van der Waals surface area contributed by atoms with Crippen LogP contribution in [0, 0.1) is 6.92 Å². The van der Waals surface area contributed by atoms with E-state index in [9.17, 15) is 10.2 Å². The monoisotopic (exact) mass is 544 g/mol. The lowest BCUT2D eigenvalue weighted by Crippen LogP contribution is -2.38. The van der Waals surface area contributed by atoms with Gasteiger partial charge in [-0.1, -0.05) is 67.1 Å². The van der Waals surface area contributed by atoms with Gasteiger partial charge in [0.25, 0.3) is 0 Å². The molecule has 0 saturated heterocycles. The maximum absolute atomic E-state index is 10.3. The summed E-state index contributed by atoms with van der Waals surface area (Å²) in [5, 5.41) is 20.6. The SMILES string of the molecule is CCCN1CCc2cccc3c2[C@H]1Cc1cccc(O)c1-3.Cc1cc2c3c(c1)-c1c(O)cccc1C[C@H]3N(C)CC2. The van der Waals surface area contributed by atoms with Crippen molar-refractivity contribution in [3.63, 3.8) is 0 Å². The van der Waals surface area contributed by atoms with Gasteiger partial charge >= 0.3 is 0 Å². The van der Waals surface area contributed by atoms with Crippen LogP contribution in [0.1, 0.15) is 64.4 Å². The van der Waals surface area contributed by atoms with Gasteiger partial charge in [0.2, 0.25) is 0 Å². The van der Waals surface area contributed by atoms with Crippen LogP contribution in [-0.2, 0) is 25.7 Å². The first kappa shape index (κ1) is 26.3. The number of hydrogen-bond donors (Lipinski definition) is 2. The summed E-state index contributed by atoms with van der Waals surface area (Å²) in [6.45, 7) is 7.84. The average molecular weight is 545 g/mol. The van der Waals surface area contributed by atoms with E-state index >= 15 is 0 Å². The second-order valence-electron chi connectivity index (χ2n) is 12.3. The Bertz CT molecular complexity index is 1640. The first-order chi connectivity index (χ1) is 19.9. The molecule has 0 bridgehead atoms. The topological polar surface area (TPSA) is 46.9 Å². The molecule has 210 valence electrons. The van der Waals surface area contributed by atoms with Crippen LogP contribution in [0.15, 0.2) is 66.7 Å². The molecule has 4 heteroatoms. The Kier molecular flexibility index (Phi) is 6.64. The third-order valence-electron chi connectivity index (χ3n) is 9.78. The van der Waals surface area contributed by atoms with E-state index < -0.39 is 0 Å². The summed E-state index contributed by atoms with van der Waals surface area (Å²) in [5.74, 6) is 0.842. The van der Waals surface area contributed by atoms with Gasteiger partial charge in [0.05, 0.1) is 0 Å². The van der Waals surface area contributed by atoms with Crippen LogP contribution in [-0.4, -0.2) is 46.7 Å². The van der Waals surface area contributed by atoms with E-state index in [1.807, 2.05) is 18.2 Å². The van der Waals surface area contributed by atoms with Gasteiger partial charge in [0.1, 0.15) is 11.5 Å². The molecular formula is C37H40N2O2. The van der Waals surface area contributed by atoms with E-state index in [0.29, 0.717) is 23.6 Å². The third kappa shape index (κ3) is 4.36. The van der Waals surface area contributed by atoms with Crippen molar-refractivity contribution in [2.24, 2.45) is 0 Å². The Morgan fingerprint density at radius 2 is 1.32 bits per heavy atom. The number of rotatable bonds is 2. The first-order valence-electron chi connectivity index (χ1n) is 15.3. The zero-order chi connectivity index (χ0) is 28.2. The van der Waals surface area contributed by atoms with Gasteiger partial charge in [0.15, 0.2) is 0 Å². The molecule has 0 spiro atoms. The minimum Gasteiger partial charge on any atom is -0.507 e. The summed E-state index contributed by atoms with van der Waals surface area (Å²) in [6.07, 6.45) is 5.46. The zero-order valence-corrected chi connectivity index (χ0v) is 24.5. The van der Waals surface area contributed by atoms with Crippen molar-refractivity contribution in [3.05, 3.63) is 106 Å². The number of aromatic hydroxyl groups is 2. The van der Waals surface area contributed by atoms with E-state index in [0.717, 1.165) is 56.4 Å². The quantitative estimate of drug-likeness (QED) is 0.276. The van der Waals surface area contributed by atoms with Crippen molar-refractivity contribution < 1.29 is 10.2 Å². The van der Waals surface area contributed by atoms with Crippen molar-refractivity contribution >= 4 is 0 Å². The smallest absolute Gasteiger partial charge is 0.123 e. The van der Waals surface area contributed by atoms with Crippen molar-refractivity contribution in [2.45, 2.75) is 58.0 Å². The molecule has 2 heterocycles. The molecule has 4 aromatic rings. The standard InChI is InChI=1S/C19H21NO.C18H19NO/c1-2-10-20-11-9-13-5-3-7-15-18(13)16(20)12-14-6-4-8-17(21)19(14)15;1-11-8-13-6-7-19(2)15-10-12-4-3-5-16(20)18(12)14(9-11)17(13)15/h3-8,16,21H,2,9-12H2,1H3;3-5,8-9,15,20H,6-7,10H2,1-2H3/t16-;15-/m11/s1. The number of benzene rings is 4. The third-order valence-corrected chi connectivity index (χ3v) is 9.78. The predicted molar refractivity (Wildman–Crippen MR) is 167 cm³/mol. The molecule has 4 nitrogen and oxygen atoms in total. The lowest BCUT2D eigenvalue weighted by atomic mass is 9.76. The van der Waals surface area contributed by atoms with Crippen LogP contribution in [0.25, 0.3) is 22.3 Å². The van der Waals surface area contributed by atoms with Crippen molar-refractivity contribution in [3.8, 4) is 33.8 Å². The molecule has 2 aliphatic carbocycles. The predicted octanol–water partition coefficient (Wildman–Crippen LogP) is 7.38. The molecular weight excluding hydrogens is 504 g/mol. The molecule has 2 N–H and O–H groups in total. The Balaban J connectivity index is 0.000000135. The largest absolute Gasteiger partial charge is 0.507 e. The van der Waals surface area contributed by atoms with Crippen LogP contribution in [0.5, 0.6) is 11.5 Å². The fourth-order valence-corrected chi connectivity index (χ4v) is 7.99.